The summed E-state index contributed by atoms with van der Waals surface area (Å²) in [7, 11) is 2.88. The quantitative estimate of drug-likeness (QED) is 0.532. The van der Waals surface area contributed by atoms with E-state index in [4.69, 9.17) is 4.74 Å². The predicted octanol–water partition coefficient (Wildman–Crippen LogP) is 5.16. The van der Waals surface area contributed by atoms with Crippen LogP contribution >= 0.6 is 21.6 Å². The van der Waals surface area contributed by atoms with Crippen molar-refractivity contribution in [2.24, 2.45) is 0 Å². The first-order valence-electron chi connectivity index (χ1n) is 8.76. The normalized spacial score (nSPS) is 10.1. The van der Waals surface area contributed by atoms with E-state index in [0.717, 1.165) is 16.3 Å². The summed E-state index contributed by atoms with van der Waals surface area (Å²) in [5.41, 5.74) is 1.52. The van der Waals surface area contributed by atoms with Gasteiger partial charge in [-0.3, -0.25) is 4.79 Å². The van der Waals surface area contributed by atoms with Gasteiger partial charge in [-0.15, -0.1) is 0 Å². The second-order valence-corrected chi connectivity index (χ2v) is 7.35. The van der Waals surface area contributed by atoms with Crippen LogP contribution in [0, 0.1) is 6.92 Å². The van der Waals surface area contributed by atoms with Crippen molar-refractivity contribution in [2.45, 2.75) is 37.6 Å². The number of hydrogen-bond donors (Lipinski definition) is 0. The molecule has 0 N–H and O–H groups in total. The standard InChI is InChI=1S/C18H17N3O2S2.C2H6/c1-3-23-17-15(24-25-16-9-4-5-10-19-16)12-20-21(18(17)22)14-8-6-7-13(2)11-14;1-2/h4-12H,3H2,1-2H3;1-2H3. The SMILES string of the molecule is CC.CCOc1c(SSc2ccccn2)cnn(-c2cccc(C)c2)c1=O. The molecule has 0 radical (unpaired) electrons. The van der Waals surface area contributed by atoms with Crippen LogP contribution < -0.4 is 10.3 Å². The monoisotopic (exact) mass is 401 g/mol. The van der Waals surface area contributed by atoms with Gasteiger partial charge in [-0.25, -0.2) is 4.98 Å². The fraction of sp³-hybridized carbons (Fsp3) is 0.250. The summed E-state index contributed by atoms with van der Waals surface area (Å²) < 4.78 is 6.99. The molecule has 3 rings (SSSR count). The minimum Gasteiger partial charge on any atom is -0.487 e. The highest BCUT2D eigenvalue weighted by atomic mass is 33.1. The average molecular weight is 402 g/mol. The zero-order valence-corrected chi connectivity index (χ0v) is 17.5. The van der Waals surface area contributed by atoms with Crippen LogP contribution in [0.4, 0.5) is 0 Å². The van der Waals surface area contributed by atoms with Crippen molar-refractivity contribution in [1.29, 1.82) is 0 Å². The number of nitrogens with zero attached hydrogens (tertiary/aromatic N) is 3. The van der Waals surface area contributed by atoms with E-state index in [1.54, 1.807) is 12.4 Å². The van der Waals surface area contributed by atoms with Gasteiger partial charge in [-0.1, -0.05) is 32.0 Å². The Kier molecular flexibility index (Phi) is 8.42. The molecular formula is C20H23N3O2S2. The Bertz CT molecular complexity index is 915. The fourth-order valence-electron chi connectivity index (χ4n) is 2.19. The molecule has 0 fully saturated rings. The van der Waals surface area contributed by atoms with Gasteiger partial charge < -0.3 is 4.74 Å². The number of benzene rings is 1. The second kappa shape index (κ2) is 10.8. The number of pyridine rings is 1. The molecule has 0 aliphatic carbocycles. The minimum atomic E-state index is -0.265. The van der Waals surface area contributed by atoms with E-state index in [2.05, 4.69) is 10.1 Å². The second-order valence-electron chi connectivity index (χ2n) is 5.16. The van der Waals surface area contributed by atoms with E-state index >= 15 is 0 Å². The molecule has 7 heteroatoms. The molecule has 0 aliphatic heterocycles. The highest BCUT2D eigenvalue weighted by Crippen LogP contribution is 2.39. The lowest BCUT2D eigenvalue weighted by molar-refractivity contribution is 0.323. The van der Waals surface area contributed by atoms with Crippen LogP contribution in [0.1, 0.15) is 26.3 Å². The molecular weight excluding hydrogens is 378 g/mol. The molecule has 1 aromatic carbocycles. The van der Waals surface area contributed by atoms with Gasteiger partial charge in [0.2, 0.25) is 5.75 Å². The molecule has 27 heavy (non-hydrogen) atoms. The van der Waals surface area contributed by atoms with Crippen LogP contribution in [0.15, 0.2) is 69.6 Å². The van der Waals surface area contributed by atoms with Crippen LogP contribution in [0.2, 0.25) is 0 Å². The summed E-state index contributed by atoms with van der Waals surface area (Å²) in [5, 5.41) is 5.17. The summed E-state index contributed by atoms with van der Waals surface area (Å²) in [6.45, 7) is 8.25. The van der Waals surface area contributed by atoms with Crippen LogP contribution in [0.25, 0.3) is 5.69 Å². The maximum absolute atomic E-state index is 12.8. The van der Waals surface area contributed by atoms with Gasteiger partial charge in [-0.2, -0.15) is 9.78 Å². The maximum Gasteiger partial charge on any atom is 0.315 e. The lowest BCUT2D eigenvalue weighted by Crippen LogP contribution is -2.23. The Morgan fingerprint density at radius 2 is 1.93 bits per heavy atom. The first kappa shape index (κ1) is 21.1. The Labute approximate surface area is 167 Å². The largest absolute Gasteiger partial charge is 0.487 e. The van der Waals surface area contributed by atoms with Crippen molar-refractivity contribution in [3.63, 3.8) is 0 Å². The maximum atomic E-state index is 12.8. The molecule has 2 heterocycles. The summed E-state index contributed by atoms with van der Waals surface area (Å²) >= 11 is 0. The molecule has 0 atom stereocenters. The van der Waals surface area contributed by atoms with E-state index in [1.807, 2.05) is 70.2 Å². The van der Waals surface area contributed by atoms with E-state index in [0.29, 0.717) is 17.3 Å². The van der Waals surface area contributed by atoms with Crippen molar-refractivity contribution in [3.05, 3.63) is 70.8 Å². The summed E-state index contributed by atoms with van der Waals surface area (Å²) in [6, 6.07) is 13.4. The van der Waals surface area contributed by atoms with Crippen molar-refractivity contribution < 1.29 is 4.74 Å². The topological polar surface area (TPSA) is 57.0 Å². The van der Waals surface area contributed by atoms with Crippen molar-refractivity contribution in [2.75, 3.05) is 6.61 Å². The molecule has 0 bridgehead atoms. The van der Waals surface area contributed by atoms with Gasteiger partial charge in [0.25, 0.3) is 0 Å². The molecule has 5 nitrogen and oxygen atoms in total. The Hall–Kier alpha value is -2.25. The van der Waals surface area contributed by atoms with Crippen molar-refractivity contribution in [3.8, 4) is 11.4 Å². The van der Waals surface area contributed by atoms with Crippen molar-refractivity contribution in [1.82, 2.24) is 14.8 Å². The first-order chi connectivity index (χ1) is 13.2. The third kappa shape index (κ3) is 5.61. The molecule has 0 unspecified atom stereocenters. The molecule has 2 aromatic heterocycles. The third-order valence-electron chi connectivity index (χ3n) is 3.29. The Morgan fingerprint density at radius 3 is 2.59 bits per heavy atom. The van der Waals surface area contributed by atoms with Crippen LogP contribution in [0.5, 0.6) is 5.75 Å². The van der Waals surface area contributed by atoms with Gasteiger partial charge in [0.1, 0.15) is 5.03 Å². The highest BCUT2D eigenvalue weighted by molar-refractivity contribution is 8.76. The van der Waals surface area contributed by atoms with Gasteiger partial charge in [0.05, 0.1) is 23.4 Å². The van der Waals surface area contributed by atoms with Gasteiger partial charge in [-0.05, 0) is 65.3 Å². The molecule has 0 saturated carbocycles. The zero-order valence-electron chi connectivity index (χ0n) is 15.9. The number of ether oxygens (including phenoxy) is 1. The number of aromatic nitrogens is 3. The van der Waals surface area contributed by atoms with Crippen LogP contribution in [0.3, 0.4) is 0 Å². The third-order valence-corrected chi connectivity index (χ3v) is 5.56. The zero-order chi connectivity index (χ0) is 19.6. The molecule has 0 spiro atoms. The highest BCUT2D eigenvalue weighted by Gasteiger charge is 2.15. The summed E-state index contributed by atoms with van der Waals surface area (Å²) in [4.78, 5) is 17.8. The number of rotatable bonds is 6. The molecule has 0 saturated heterocycles. The van der Waals surface area contributed by atoms with Crippen LogP contribution in [-0.2, 0) is 0 Å². The van der Waals surface area contributed by atoms with Crippen molar-refractivity contribution >= 4 is 21.6 Å². The minimum absolute atomic E-state index is 0.265. The van der Waals surface area contributed by atoms with E-state index in [9.17, 15) is 4.79 Å². The van der Waals surface area contributed by atoms with E-state index in [-0.39, 0.29) is 5.56 Å². The molecule has 3 aromatic rings. The smallest absolute Gasteiger partial charge is 0.315 e. The number of aryl methyl sites for hydroxylation is 1. The van der Waals surface area contributed by atoms with Gasteiger partial charge >= 0.3 is 5.56 Å². The fourth-order valence-corrected chi connectivity index (χ4v) is 4.09. The first-order valence-corrected chi connectivity index (χ1v) is 10.9. The lowest BCUT2D eigenvalue weighted by atomic mass is 10.2. The molecule has 0 amide bonds. The lowest BCUT2D eigenvalue weighted by Gasteiger charge is -2.11. The average Bonchev–Trinajstić information content (AvgIpc) is 2.71. The van der Waals surface area contributed by atoms with E-state index < -0.39 is 0 Å². The Balaban J connectivity index is 0.00000126. The Morgan fingerprint density at radius 1 is 1.11 bits per heavy atom. The number of hydrogen-bond acceptors (Lipinski definition) is 6. The van der Waals surface area contributed by atoms with Crippen LogP contribution in [-0.4, -0.2) is 21.4 Å². The summed E-state index contributed by atoms with van der Waals surface area (Å²) in [6.07, 6.45) is 3.40. The van der Waals surface area contributed by atoms with Gasteiger partial charge in [0.15, 0.2) is 0 Å². The predicted molar refractivity (Wildman–Crippen MR) is 113 cm³/mol. The van der Waals surface area contributed by atoms with E-state index in [1.165, 1.54) is 26.3 Å². The molecule has 0 aliphatic rings. The summed E-state index contributed by atoms with van der Waals surface area (Å²) in [5.74, 6) is 0.312. The van der Waals surface area contributed by atoms with Gasteiger partial charge in [0, 0.05) is 6.20 Å². The molecule has 142 valence electrons.